The number of fused-ring (bicyclic) bond motifs is 1. The maximum absolute atomic E-state index is 7.14. The van der Waals surface area contributed by atoms with E-state index in [1.54, 1.807) is 7.11 Å². The summed E-state index contributed by atoms with van der Waals surface area (Å²) in [6.45, 7) is 18.0. The van der Waals surface area contributed by atoms with Crippen molar-refractivity contribution in [2.24, 2.45) is 5.92 Å². The molecule has 0 saturated carbocycles. The van der Waals surface area contributed by atoms with Gasteiger partial charge in [-0.1, -0.05) is 0 Å². The Hall–Kier alpha value is -3.07. The van der Waals surface area contributed by atoms with Crippen LogP contribution in [0.3, 0.4) is 0 Å². The van der Waals surface area contributed by atoms with Crippen LogP contribution in [0.2, 0.25) is 0 Å². The molecule has 30 heavy (non-hydrogen) atoms. The van der Waals surface area contributed by atoms with E-state index < -0.39 is 0 Å². The zero-order valence-electron chi connectivity index (χ0n) is 18.5. The smallest absolute Gasteiger partial charge is 0.217 e. The quantitative estimate of drug-likeness (QED) is 0.587. The van der Waals surface area contributed by atoms with Gasteiger partial charge < -0.3 is 19.0 Å². The topological polar surface area (TPSA) is 47.5 Å². The van der Waals surface area contributed by atoms with Crippen LogP contribution < -0.4 is 9.64 Å². The summed E-state index contributed by atoms with van der Waals surface area (Å²) in [5.74, 6) is 3.19. The average molecular weight is 404 g/mol. The fourth-order valence-electron chi connectivity index (χ4n) is 4.66. The van der Waals surface area contributed by atoms with Crippen LogP contribution >= 0.6 is 0 Å². The second kappa shape index (κ2) is 7.98. The van der Waals surface area contributed by atoms with Crippen molar-refractivity contribution in [2.75, 3.05) is 31.6 Å². The highest BCUT2D eigenvalue weighted by molar-refractivity contribution is 5.92. The van der Waals surface area contributed by atoms with Gasteiger partial charge in [-0.2, -0.15) is 0 Å². The predicted octanol–water partition coefficient (Wildman–Crippen LogP) is 4.80. The zero-order chi connectivity index (χ0) is 21.4. The van der Waals surface area contributed by atoms with E-state index in [0.29, 0.717) is 12.5 Å². The first kappa shape index (κ1) is 20.2. The average Bonchev–Trinajstić information content (AvgIpc) is 3.03. The van der Waals surface area contributed by atoms with Crippen molar-refractivity contribution >= 4 is 16.9 Å². The van der Waals surface area contributed by atoms with E-state index in [2.05, 4.69) is 53.4 Å². The highest BCUT2D eigenvalue weighted by Gasteiger charge is 2.26. The molecule has 0 N–H and O–H groups in total. The normalized spacial score (nSPS) is 14.9. The van der Waals surface area contributed by atoms with E-state index in [-0.39, 0.29) is 0 Å². The first-order valence-corrected chi connectivity index (χ1v) is 10.5. The maximum Gasteiger partial charge on any atom is 0.217 e. The van der Waals surface area contributed by atoms with E-state index in [4.69, 9.17) is 21.3 Å². The van der Waals surface area contributed by atoms with Crippen LogP contribution in [0.5, 0.6) is 5.75 Å². The number of benzene rings is 1. The minimum absolute atomic E-state index is 0.507. The Morgan fingerprint density at radius 3 is 2.33 bits per heavy atom. The molecule has 1 aliphatic rings. The number of ether oxygens (including phenoxy) is 1. The molecule has 0 radical (unpaired) electrons. The molecule has 0 unspecified atom stereocenters. The Labute approximate surface area is 178 Å². The molecule has 0 aliphatic carbocycles. The van der Waals surface area contributed by atoms with Crippen molar-refractivity contribution in [3.63, 3.8) is 0 Å². The summed E-state index contributed by atoms with van der Waals surface area (Å²) >= 11 is 0. The minimum atomic E-state index is 0.507. The summed E-state index contributed by atoms with van der Waals surface area (Å²) in [5, 5.41) is 1.12. The van der Waals surface area contributed by atoms with Gasteiger partial charge in [0.15, 0.2) is 5.65 Å². The standard InChI is InChI=1S/C24H29N5O/c1-15-11-20(30-6)12-16(2)22(15)29-14-17(3)21-23(26-18(4)27-24(21)29)28-9-7-19(8-10-28)13-25-5/h11-12,14,19H,7-10,13H2,1-4,6H3. The highest BCUT2D eigenvalue weighted by atomic mass is 16.5. The highest BCUT2D eigenvalue weighted by Crippen LogP contribution is 2.35. The predicted molar refractivity (Wildman–Crippen MR) is 121 cm³/mol. The molecule has 0 spiro atoms. The molecule has 0 bridgehead atoms. The molecular formula is C24H29N5O. The van der Waals surface area contributed by atoms with E-state index >= 15 is 0 Å². The molecule has 1 fully saturated rings. The van der Waals surface area contributed by atoms with E-state index in [1.165, 1.54) is 5.56 Å². The largest absolute Gasteiger partial charge is 0.497 e. The molecule has 3 heterocycles. The van der Waals surface area contributed by atoms with E-state index in [1.807, 2.05) is 6.92 Å². The second-order valence-corrected chi connectivity index (χ2v) is 8.36. The summed E-state index contributed by atoms with van der Waals surface area (Å²) < 4.78 is 7.65. The molecule has 2 aromatic heterocycles. The molecule has 0 amide bonds. The van der Waals surface area contributed by atoms with Crippen molar-refractivity contribution < 1.29 is 4.74 Å². The third-order valence-corrected chi connectivity index (χ3v) is 6.13. The molecule has 1 aliphatic heterocycles. The lowest BCUT2D eigenvalue weighted by atomic mass is 9.97. The SMILES string of the molecule is [C-]#[N+]CC1CCN(c2nc(C)nc3c2c(C)cn3-c2c(C)cc(OC)cc2C)CC1. The fourth-order valence-corrected chi connectivity index (χ4v) is 4.66. The Morgan fingerprint density at radius 2 is 1.73 bits per heavy atom. The monoisotopic (exact) mass is 403 g/mol. The van der Waals surface area contributed by atoms with Crippen molar-refractivity contribution in [3.05, 3.63) is 52.3 Å². The summed E-state index contributed by atoms with van der Waals surface area (Å²) in [6.07, 6.45) is 4.27. The second-order valence-electron chi connectivity index (χ2n) is 8.36. The van der Waals surface area contributed by atoms with Crippen LogP contribution in [0.15, 0.2) is 18.3 Å². The zero-order valence-corrected chi connectivity index (χ0v) is 18.5. The lowest BCUT2D eigenvalue weighted by molar-refractivity contribution is 0.414. The molecule has 1 aromatic carbocycles. The van der Waals surface area contributed by atoms with Gasteiger partial charge in [-0.3, -0.25) is 0 Å². The van der Waals surface area contributed by atoms with Crippen LogP contribution in [-0.4, -0.2) is 41.3 Å². The van der Waals surface area contributed by atoms with Gasteiger partial charge in [0.2, 0.25) is 6.54 Å². The van der Waals surface area contributed by atoms with E-state index in [9.17, 15) is 0 Å². The molecule has 6 nitrogen and oxygen atoms in total. The van der Waals surface area contributed by atoms with Gasteiger partial charge in [-0.05, 0) is 69.4 Å². The Kier molecular flexibility index (Phi) is 5.38. The molecule has 1 saturated heterocycles. The number of hydrogen-bond acceptors (Lipinski definition) is 4. The third-order valence-electron chi connectivity index (χ3n) is 6.13. The van der Waals surface area contributed by atoms with Gasteiger partial charge in [-0.15, -0.1) is 0 Å². The molecule has 156 valence electrons. The Morgan fingerprint density at radius 1 is 1.07 bits per heavy atom. The lowest BCUT2D eigenvalue weighted by Crippen LogP contribution is -2.35. The van der Waals surface area contributed by atoms with Crippen LogP contribution in [-0.2, 0) is 0 Å². The molecule has 3 aromatic rings. The Balaban J connectivity index is 1.82. The summed E-state index contributed by atoms with van der Waals surface area (Å²) in [5.41, 5.74) is 5.59. The summed E-state index contributed by atoms with van der Waals surface area (Å²) in [6, 6.07) is 4.14. The fraction of sp³-hybridized carbons (Fsp3) is 0.458. The van der Waals surface area contributed by atoms with Crippen LogP contribution in [0.25, 0.3) is 21.6 Å². The van der Waals surface area contributed by atoms with Crippen molar-refractivity contribution in [2.45, 2.75) is 40.5 Å². The van der Waals surface area contributed by atoms with Gasteiger partial charge in [0, 0.05) is 25.2 Å². The number of nitrogens with zero attached hydrogens (tertiary/aromatic N) is 5. The Bertz CT molecular complexity index is 1110. The molecule has 4 rings (SSSR count). The third kappa shape index (κ3) is 3.49. The number of hydrogen-bond donors (Lipinski definition) is 0. The van der Waals surface area contributed by atoms with Crippen molar-refractivity contribution in [1.29, 1.82) is 0 Å². The minimum Gasteiger partial charge on any atom is -0.497 e. The van der Waals surface area contributed by atoms with Gasteiger partial charge >= 0.3 is 0 Å². The number of anilines is 1. The molecule has 0 atom stereocenters. The first-order valence-electron chi connectivity index (χ1n) is 10.5. The molecular weight excluding hydrogens is 374 g/mol. The van der Waals surface area contributed by atoms with E-state index in [0.717, 1.165) is 71.2 Å². The summed E-state index contributed by atoms with van der Waals surface area (Å²) in [7, 11) is 1.70. The van der Waals surface area contributed by atoms with Crippen LogP contribution in [0.1, 0.15) is 35.4 Å². The lowest BCUT2D eigenvalue weighted by Gasteiger charge is -2.31. The van der Waals surface area contributed by atoms with Crippen molar-refractivity contribution in [1.82, 2.24) is 14.5 Å². The maximum atomic E-state index is 7.14. The van der Waals surface area contributed by atoms with Gasteiger partial charge in [0.25, 0.3) is 0 Å². The number of methoxy groups -OCH3 is 1. The van der Waals surface area contributed by atoms with Gasteiger partial charge in [0.05, 0.1) is 18.2 Å². The van der Waals surface area contributed by atoms with Crippen molar-refractivity contribution in [3.8, 4) is 11.4 Å². The van der Waals surface area contributed by atoms with Gasteiger partial charge in [-0.25, -0.2) is 16.5 Å². The van der Waals surface area contributed by atoms with Crippen LogP contribution in [0, 0.1) is 40.2 Å². The number of rotatable bonds is 4. The number of piperidine rings is 1. The number of aryl methyl sites for hydroxylation is 4. The summed E-state index contributed by atoms with van der Waals surface area (Å²) in [4.78, 5) is 15.7. The first-order chi connectivity index (χ1) is 14.4. The van der Waals surface area contributed by atoms with Crippen LogP contribution in [0.4, 0.5) is 5.82 Å². The van der Waals surface area contributed by atoms with Gasteiger partial charge in [0.1, 0.15) is 17.4 Å². The molecule has 6 heteroatoms. The number of aromatic nitrogens is 3.